The van der Waals surface area contributed by atoms with Gasteiger partial charge >= 0.3 is 0 Å². The quantitative estimate of drug-likeness (QED) is 0.569. The molecule has 7 unspecified atom stereocenters. The van der Waals surface area contributed by atoms with Crippen LogP contribution in [-0.2, 0) is 0 Å². The van der Waals surface area contributed by atoms with Gasteiger partial charge in [-0.3, -0.25) is 0 Å². The van der Waals surface area contributed by atoms with Gasteiger partial charge in [0, 0.05) is 0 Å². The molecule has 0 aromatic carbocycles. The molecule has 0 radical (unpaired) electrons. The molecule has 4 fully saturated rings. The second-order valence-electron chi connectivity index (χ2n) is 7.46. The van der Waals surface area contributed by atoms with E-state index in [1.807, 2.05) is 0 Å². The van der Waals surface area contributed by atoms with Gasteiger partial charge < -0.3 is 11.5 Å². The van der Waals surface area contributed by atoms with Crippen LogP contribution in [0.4, 0.5) is 0 Å². The van der Waals surface area contributed by atoms with Crippen molar-refractivity contribution in [2.75, 3.05) is 0 Å². The van der Waals surface area contributed by atoms with Crippen molar-refractivity contribution in [1.29, 1.82) is 0 Å². The highest BCUT2D eigenvalue weighted by Gasteiger charge is 2.64. The third-order valence-corrected chi connectivity index (χ3v) is 7.04. The Kier molecular flexibility index (Phi) is 2.08. The third kappa shape index (κ3) is 1.24. The summed E-state index contributed by atoms with van der Waals surface area (Å²) in [5, 5.41) is 0. The van der Waals surface area contributed by atoms with Gasteiger partial charge in [0.05, 0.1) is 5.66 Å². The summed E-state index contributed by atoms with van der Waals surface area (Å²) in [6.07, 6.45) is 8.33. The highest BCUT2D eigenvalue weighted by molar-refractivity contribution is 5.13. The van der Waals surface area contributed by atoms with Crippen molar-refractivity contribution in [3.8, 4) is 0 Å². The summed E-state index contributed by atoms with van der Waals surface area (Å²) in [7, 11) is 0. The van der Waals surface area contributed by atoms with Crippen LogP contribution >= 0.6 is 0 Å². The van der Waals surface area contributed by atoms with Gasteiger partial charge in [-0.2, -0.15) is 0 Å². The molecule has 7 atom stereocenters. The van der Waals surface area contributed by atoms with Crippen LogP contribution in [0.1, 0.15) is 45.4 Å². The molecule has 4 aliphatic rings. The summed E-state index contributed by atoms with van der Waals surface area (Å²) in [6.45, 7) is 2.16. The van der Waals surface area contributed by atoms with Crippen molar-refractivity contribution >= 4 is 0 Å². The predicted octanol–water partition coefficient (Wildman–Crippen LogP) is 2.33. The monoisotopic (exact) mass is 234 g/mol. The average Bonchev–Trinajstić information content (AvgIpc) is 3.05. The Morgan fingerprint density at radius 1 is 0.941 bits per heavy atom. The van der Waals surface area contributed by atoms with Crippen molar-refractivity contribution in [2.45, 2.75) is 51.1 Å². The summed E-state index contributed by atoms with van der Waals surface area (Å²) < 4.78 is 0. The molecule has 4 saturated carbocycles. The fourth-order valence-corrected chi connectivity index (χ4v) is 6.45. The summed E-state index contributed by atoms with van der Waals surface area (Å²) in [6, 6.07) is 0. The van der Waals surface area contributed by atoms with E-state index < -0.39 is 0 Å². The minimum Gasteiger partial charge on any atom is -0.313 e. The third-order valence-electron chi connectivity index (χ3n) is 7.04. The van der Waals surface area contributed by atoms with Gasteiger partial charge in [0.1, 0.15) is 0 Å². The molecule has 0 aliphatic heterocycles. The molecule has 4 bridgehead atoms. The smallest absolute Gasteiger partial charge is 0.0665 e. The molecule has 4 N–H and O–H groups in total. The van der Waals surface area contributed by atoms with Gasteiger partial charge in [0.15, 0.2) is 0 Å². The number of nitrogens with two attached hydrogens (primary N) is 2. The van der Waals surface area contributed by atoms with E-state index in [2.05, 4.69) is 6.92 Å². The van der Waals surface area contributed by atoms with Crippen LogP contribution in [0.15, 0.2) is 0 Å². The second-order valence-corrected chi connectivity index (χ2v) is 7.46. The molecule has 0 spiro atoms. The number of hydrogen-bond donors (Lipinski definition) is 2. The van der Waals surface area contributed by atoms with Crippen molar-refractivity contribution in [1.82, 2.24) is 0 Å². The van der Waals surface area contributed by atoms with Crippen LogP contribution in [0.5, 0.6) is 0 Å². The molecule has 0 heterocycles. The standard InChI is InChI=1S/C15H26N2/c1-2-15(16,17)12-7-10-6-11(12)14-9-4-3-8(5-9)13(10)14/h8-14H,2-7,16-17H2,1H3. The molecule has 96 valence electrons. The van der Waals surface area contributed by atoms with E-state index in [1.165, 1.54) is 25.7 Å². The van der Waals surface area contributed by atoms with Crippen LogP contribution in [-0.4, -0.2) is 5.66 Å². The van der Waals surface area contributed by atoms with Crippen molar-refractivity contribution in [3.05, 3.63) is 0 Å². The summed E-state index contributed by atoms with van der Waals surface area (Å²) in [4.78, 5) is 0. The van der Waals surface area contributed by atoms with Crippen molar-refractivity contribution < 1.29 is 0 Å². The maximum Gasteiger partial charge on any atom is 0.0665 e. The first-order valence-corrected chi connectivity index (χ1v) is 7.69. The first-order valence-electron chi connectivity index (χ1n) is 7.69. The lowest BCUT2D eigenvalue weighted by Gasteiger charge is -2.44. The minimum atomic E-state index is -0.383. The Bertz CT molecular complexity index is 336. The molecule has 0 saturated heterocycles. The van der Waals surface area contributed by atoms with Crippen molar-refractivity contribution in [2.24, 2.45) is 52.9 Å². The molecule has 0 amide bonds. The highest BCUT2D eigenvalue weighted by Crippen LogP contribution is 2.69. The SMILES string of the molecule is CCC(N)(N)C1CC2CC1C1C3CCC(C3)C21. The molecule has 0 aromatic heterocycles. The molecule has 17 heavy (non-hydrogen) atoms. The van der Waals surface area contributed by atoms with Gasteiger partial charge in [-0.15, -0.1) is 0 Å². The van der Waals surface area contributed by atoms with E-state index in [1.54, 1.807) is 6.42 Å². The lowest BCUT2D eigenvalue weighted by Crippen LogP contribution is -2.58. The van der Waals surface area contributed by atoms with E-state index in [0.29, 0.717) is 5.92 Å². The lowest BCUT2D eigenvalue weighted by molar-refractivity contribution is 0.0634. The molecule has 4 rings (SSSR count). The normalized spacial score (nSPS) is 55.6. The molecular formula is C15H26N2. The average molecular weight is 234 g/mol. The topological polar surface area (TPSA) is 52.0 Å². The summed E-state index contributed by atoms with van der Waals surface area (Å²) >= 11 is 0. The largest absolute Gasteiger partial charge is 0.313 e. The fraction of sp³-hybridized carbons (Fsp3) is 1.00. The zero-order chi connectivity index (χ0) is 11.8. The van der Waals surface area contributed by atoms with Crippen molar-refractivity contribution in [3.63, 3.8) is 0 Å². The predicted molar refractivity (Wildman–Crippen MR) is 68.9 cm³/mol. The number of hydrogen-bond acceptors (Lipinski definition) is 2. The second kappa shape index (κ2) is 3.27. The summed E-state index contributed by atoms with van der Waals surface area (Å²) in [5.74, 6) is 6.75. The van der Waals surface area contributed by atoms with E-state index in [4.69, 9.17) is 11.5 Å². The van der Waals surface area contributed by atoms with E-state index in [-0.39, 0.29) is 5.66 Å². The maximum atomic E-state index is 6.37. The summed E-state index contributed by atoms with van der Waals surface area (Å²) in [5.41, 5.74) is 12.4. The van der Waals surface area contributed by atoms with Gasteiger partial charge in [-0.05, 0) is 80.0 Å². The van der Waals surface area contributed by atoms with Crippen LogP contribution in [0, 0.1) is 41.4 Å². The zero-order valence-corrected chi connectivity index (χ0v) is 10.9. The maximum absolute atomic E-state index is 6.37. The van der Waals surface area contributed by atoms with Gasteiger partial charge in [-0.25, -0.2) is 0 Å². The molecule has 2 nitrogen and oxygen atoms in total. The Hall–Kier alpha value is -0.0800. The van der Waals surface area contributed by atoms with Gasteiger partial charge in [0.25, 0.3) is 0 Å². The minimum absolute atomic E-state index is 0.383. The lowest BCUT2D eigenvalue weighted by atomic mass is 9.64. The van der Waals surface area contributed by atoms with Crippen LogP contribution < -0.4 is 11.5 Å². The van der Waals surface area contributed by atoms with Gasteiger partial charge in [0.2, 0.25) is 0 Å². The van der Waals surface area contributed by atoms with E-state index in [9.17, 15) is 0 Å². The molecule has 4 aliphatic carbocycles. The van der Waals surface area contributed by atoms with Crippen LogP contribution in [0.2, 0.25) is 0 Å². The highest BCUT2D eigenvalue weighted by atomic mass is 15.0. The van der Waals surface area contributed by atoms with Crippen LogP contribution in [0.3, 0.4) is 0 Å². The molecular weight excluding hydrogens is 208 g/mol. The van der Waals surface area contributed by atoms with E-state index >= 15 is 0 Å². The number of rotatable bonds is 2. The first-order chi connectivity index (χ1) is 8.12. The Morgan fingerprint density at radius 2 is 1.65 bits per heavy atom. The number of fused-ring (bicyclic) bond motifs is 9. The first kappa shape index (κ1) is 10.8. The van der Waals surface area contributed by atoms with Crippen LogP contribution in [0.25, 0.3) is 0 Å². The molecule has 0 aromatic rings. The van der Waals surface area contributed by atoms with Gasteiger partial charge in [-0.1, -0.05) is 6.92 Å². The molecule has 2 heteroatoms. The Labute approximate surface area is 105 Å². The van der Waals surface area contributed by atoms with E-state index in [0.717, 1.165) is 41.9 Å². The zero-order valence-electron chi connectivity index (χ0n) is 10.9. The fourth-order valence-electron chi connectivity index (χ4n) is 6.45. The Morgan fingerprint density at radius 3 is 2.35 bits per heavy atom. The Balaban J connectivity index is 1.63.